The molecule has 3 aromatic carbocycles. The summed E-state index contributed by atoms with van der Waals surface area (Å²) in [6.07, 6.45) is -0.522. The number of hydrogen-bond donors (Lipinski definition) is 2. The number of aliphatic hydroxyl groups is 1. The molecule has 3 aromatic rings. The number of ether oxygens (including phenoxy) is 1. The minimum atomic E-state index is -3.53. The quantitative estimate of drug-likeness (QED) is 0.406. The van der Waals surface area contributed by atoms with E-state index < -0.39 is 33.6 Å². The Balaban J connectivity index is 1.51. The lowest BCUT2D eigenvalue weighted by atomic mass is 9.83. The fourth-order valence-corrected chi connectivity index (χ4v) is 5.21. The summed E-state index contributed by atoms with van der Waals surface area (Å²) >= 11 is 0. The van der Waals surface area contributed by atoms with Crippen molar-refractivity contribution in [3.63, 3.8) is 0 Å². The van der Waals surface area contributed by atoms with Crippen molar-refractivity contribution in [2.45, 2.75) is 37.5 Å². The molecule has 0 radical (unpaired) electrons. The Morgan fingerprint density at radius 1 is 0.974 bits per heavy atom. The van der Waals surface area contributed by atoms with Gasteiger partial charge in [0.2, 0.25) is 10.0 Å². The lowest BCUT2D eigenvalue weighted by molar-refractivity contribution is -0.0829. The number of cyclic esters (lactones) is 1. The van der Waals surface area contributed by atoms with E-state index in [0.29, 0.717) is 18.5 Å². The van der Waals surface area contributed by atoms with Gasteiger partial charge in [-0.15, -0.1) is 0 Å². The molecule has 10 heteroatoms. The molecular weight excluding hydrogens is 514 g/mol. The molecule has 0 aromatic heterocycles. The van der Waals surface area contributed by atoms with Crippen LogP contribution >= 0.6 is 0 Å². The molecule has 202 valence electrons. The van der Waals surface area contributed by atoms with Crippen LogP contribution in [0.3, 0.4) is 0 Å². The molecule has 7 nitrogen and oxygen atoms in total. The van der Waals surface area contributed by atoms with Gasteiger partial charge in [0.25, 0.3) is 0 Å². The van der Waals surface area contributed by atoms with Crippen molar-refractivity contribution in [3.05, 3.63) is 95.6 Å². The predicted molar refractivity (Wildman–Crippen MR) is 140 cm³/mol. The largest absolute Gasteiger partial charge is 0.438 e. The topological polar surface area (TPSA) is 95.9 Å². The van der Waals surface area contributed by atoms with Gasteiger partial charge in [-0.3, -0.25) is 0 Å². The summed E-state index contributed by atoms with van der Waals surface area (Å²) in [5.74, 6) is -0.761. The van der Waals surface area contributed by atoms with Gasteiger partial charge in [-0.05, 0) is 53.4 Å². The van der Waals surface area contributed by atoms with Crippen LogP contribution in [-0.2, 0) is 20.4 Å². The zero-order valence-electron chi connectivity index (χ0n) is 21.1. The molecular formula is C28H30F2N2O5S. The van der Waals surface area contributed by atoms with E-state index >= 15 is 0 Å². The van der Waals surface area contributed by atoms with E-state index in [2.05, 4.69) is 4.72 Å². The third kappa shape index (κ3) is 6.56. The van der Waals surface area contributed by atoms with Crippen LogP contribution in [0.1, 0.15) is 36.9 Å². The minimum Gasteiger partial charge on any atom is -0.438 e. The first-order valence-electron chi connectivity index (χ1n) is 12.2. The summed E-state index contributed by atoms with van der Waals surface area (Å²) in [5.41, 5.74) is 1.91. The fraction of sp³-hybridized carbons (Fsp3) is 0.321. The van der Waals surface area contributed by atoms with Gasteiger partial charge in [0.05, 0.1) is 18.4 Å². The molecule has 1 fully saturated rings. The average molecular weight is 545 g/mol. The number of carbonyl (C=O) groups excluding carboxylic acids is 1. The second kappa shape index (κ2) is 11.2. The van der Waals surface area contributed by atoms with Gasteiger partial charge in [-0.1, -0.05) is 48.5 Å². The summed E-state index contributed by atoms with van der Waals surface area (Å²) in [6, 6.07) is 19.0. The van der Waals surface area contributed by atoms with Crippen LogP contribution in [0.2, 0.25) is 0 Å². The second-order valence-electron chi connectivity index (χ2n) is 9.60. The van der Waals surface area contributed by atoms with E-state index in [1.807, 2.05) is 31.2 Å². The highest BCUT2D eigenvalue weighted by atomic mass is 32.2. The van der Waals surface area contributed by atoms with Gasteiger partial charge in [-0.2, -0.15) is 0 Å². The molecule has 38 heavy (non-hydrogen) atoms. The number of nitrogens with one attached hydrogen (secondary N) is 1. The molecule has 1 aliphatic heterocycles. The number of amides is 1. The lowest BCUT2D eigenvalue weighted by Crippen LogP contribution is -2.50. The van der Waals surface area contributed by atoms with Crippen molar-refractivity contribution < 1.29 is 31.8 Å². The van der Waals surface area contributed by atoms with Gasteiger partial charge in [0.15, 0.2) is 0 Å². The van der Waals surface area contributed by atoms with Crippen LogP contribution < -0.4 is 4.72 Å². The first kappa shape index (κ1) is 27.7. The van der Waals surface area contributed by atoms with Gasteiger partial charge in [0.1, 0.15) is 17.2 Å². The van der Waals surface area contributed by atoms with Gasteiger partial charge in [0, 0.05) is 25.9 Å². The Hall–Kier alpha value is -3.34. The number of aliphatic hydroxyl groups excluding tert-OH is 1. The maximum absolute atomic E-state index is 13.6. The van der Waals surface area contributed by atoms with Crippen molar-refractivity contribution >= 4 is 16.1 Å². The molecule has 2 N–H and O–H groups in total. The molecule has 0 spiro atoms. The van der Waals surface area contributed by atoms with Crippen LogP contribution in [0.4, 0.5) is 13.6 Å². The maximum atomic E-state index is 13.6. The van der Waals surface area contributed by atoms with E-state index in [0.717, 1.165) is 22.9 Å². The van der Waals surface area contributed by atoms with Crippen LogP contribution in [0.25, 0.3) is 11.1 Å². The van der Waals surface area contributed by atoms with E-state index in [1.54, 1.807) is 17.0 Å². The SMILES string of the molecule is C[C@@H](c1ccc(-c2ccc(F)cc2)cc1)N1CC[C@](C[C@H](O)CNS(C)(=O)=O)(c2ccc(F)cc2)OC1=O. The predicted octanol–water partition coefficient (Wildman–Crippen LogP) is 4.73. The molecule has 0 unspecified atom stereocenters. The zero-order chi connectivity index (χ0) is 27.5. The number of halogens is 2. The average Bonchev–Trinajstić information content (AvgIpc) is 2.88. The van der Waals surface area contributed by atoms with E-state index in [1.165, 1.54) is 36.4 Å². The van der Waals surface area contributed by atoms with Crippen molar-refractivity contribution in [2.24, 2.45) is 0 Å². The summed E-state index contributed by atoms with van der Waals surface area (Å²) in [7, 11) is -3.53. The Kier molecular flexibility index (Phi) is 8.15. The summed E-state index contributed by atoms with van der Waals surface area (Å²) in [4.78, 5) is 14.9. The smallest absolute Gasteiger partial charge is 0.411 e. The normalized spacial score (nSPS) is 19.6. The number of hydrogen-bond acceptors (Lipinski definition) is 5. The molecule has 0 bridgehead atoms. The van der Waals surface area contributed by atoms with Crippen LogP contribution in [0.15, 0.2) is 72.8 Å². The van der Waals surface area contributed by atoms with E-state index in [-0.39, 0.29) is 24.8 Å². The number of sulfonamides is 1. The van der Waals surface area contributed by atoms with Crippen molar-refractivity contribution in [3.8, 4) is 11.1 Å². The van der Waals surface area contributed by atoms with Crippen LogP contribution in [0, 0.1) is 11.6 Å². The summed E-state index contributed by atoms with van der Waals surface area (Å²) in [5, 5.41) is 10.6. The third-order valence-corrected chi connectivity index (χ3v) is 7.52. The standard InChI is InChI=1S/C28H30F2N2O5S/c1-19(20-3-5-21(6-4-20)22-7-11-24(29)12-8-22)32-16-15-28(37-27(32)34,23-9-13-25(30)14-10-23)17-26(33)18-31-38(2,35)36/h3-14,19,26,31,33H,15-18H2,1-2H3/t19-,26-,28-/m0/s1. The maximum Gasteiger partial charge on any atom is 0.411 e. The first-order chi connectivity index (χ1) is 18.0. The number of nitrogens with zero attached hydrogens (tertiary/aromatic N) is 1. The Morgan fingerprint density at radius 2 is 1.50 bits per heavy atom. The lowest BCUT2D eigenvalue weighted by Gasteiger charge is -2.44. The zero-order valence-corrected chi connectivity index (χ0v) is 21.9. The molecule has 0 aliphatic carbocycles. The fourth-order valence-electron chi connectivity index (χ4n) is 4.72. The van der Waals surface area contributed by atoms with Gasteiger partial charge < -0.3 is 14.7 Å². The Labute approximate surface area is 221 Å². The Morgan fingerprint density at radius 3 is 2.03 bits per heavy atom. The number of benzene rings is 3. The van der Waals surface area contributed by atoms with Gasteiger partial charge in [-0.25, -0.2) is 26.7 Å². The molecule has 4 rings (SSSR count). The highest BCUT2D eigenvalue weighted by Gasteiger charge is 2.45. The monoisotopic (exact) mass is 544 g/mol. The molecule has 3 atom stereocenters. The third-order valence-electron chi connectivity index (χ3n) is 6.83. The van der Waals surface area contributed by atoms with Crippen molar-refractivity contribution in [2.75, 3.05) is 19.3 Å². The van der Waals surface area contributed by atoms with Crippen molar-refractivity contribution in [1.82, 2.24) is 9.62 Å². The first-order valence-corrected chi connectivity index (χ1v) is 14.1. The molecule has 1 aliphatic rings. The van der Waals surface area contributed by atoms with Crippen LogP contribution in [0.5, 0.6) is 0 Å². The molecule has 1 heterocycles. The van der Waals surface area contributed by atoms with Gasteiger partial charge >= 0.3 is 6.09 Å². The highest BCUT2D eigenvalue weighted by molar-refractivity contribution is 7.88. The Bertz CT molecular complexity index is 1370. The van der Waals surface area contributed by atoms with Crippen molar-refractivity contribution in [1.29, 1.82) is 0 Å². The second-order valence-corrected chi connectivity index (χ2v) is 11.4. The van der Waals surface area contributed by atoms with E-state index in [4.69, 9.17) is 4.74 Å². The molecule has 0 saturated carbocycles. The summed E-state index contributed by atoms with van der Waals surface area (Å²) < 4.78 is 58.0. The highest BCUT2D eigenvalue weighted by Crippen LogP contribution is 2.40. The minimum absolute atomic E-state index is 0.0680. The van der Waals surface area contributed by atoms with Crippen LogP contribution in [-0.4, -0.2) is 50.0 Å². The molecule has 1 saturated heterocycles. The van der Waals surface area contributed by atoms with E-state index in [9.17, 15) is 27.1 Å². The number of carbonyl (C=O) groups is 1. The summed E-state index contributed by atoms with van der Waals surface area (Å²) in [6.45, 7) is 1.92. The molecule has 1 amide bonds. The number of rotatable bonds is 9.